The molecule has 25 heavy (non-hydrogen) atoms. The molecule has 1 spiro atoms. The Kier molecular flexibility index (Phi) is 5.38. The molecular weight excluding hydrogens is 369 g/mol. The van der Waals surface area contributed by atoms with E-state index < -0.39 is 11.7 Å². The second-order valence-electron chi connectivity index (χ2n) is 6.02. The van der Waals surface area contributed by atoms with Crippen molar-refractivity contribution >= 4 is 40.7 Å². The van der Waals surface area contributed by atoms with Gasteiger partial charge in [0.25, 0.3) is 0 Å². The van der Waals surface area contributed by atoms with Crippen LogP contribution >= 0.6 is 23.2 Å². The molecule has 2 saturated heterocycles. The SMILES string of the molecule is NC(=O)c1cc(NCC(=O)N2CCC3(CC2)OCCO3)c(Cl)cc1Cl. The number of piperidine rings is 1. The van der Waals surface area contributed by atoms with Gasteiger partial charge in [-0.25, -0.2) is 0 Å². The molecule has 3 rings (SSSR count). The number of nitrogens with zero attached hydrogens (tertiary/aromatic N) is 1. The number of carbonyl (C=O) groups excluding carboxylic acids is 2. The number of nitrogens with one attached hydrogen (secondary N) is 1. The second-order valence-corrected chi connectivity index (χ2v) is 6.83. The number of benzene rings is 1. The Hall–Kier alpha value is -1.54. The Bertz CT molecular complexity index is 682. The van der Waals surface area contributed by atoms with Crippen LogP contribution in [-0.2, 0) is 14.3 Å². The minimum Gasteiger partial charge on any atom is -0.375 e. The summed E-state index contributed by atoms with van der Waals surface area (Å²) in [5.74, 6) is -1.24. The van der Waals surface area contributed by atoms with Gasteiger partial charge in [0.2, 0.25) is 11.8 Å². The quantitative estimate of drug-likeness (QED) is 0.822. The van der Waals surface area contributed by atoms with Crippen LogP contribution in [0.3, 0.4) is 0 Å². The monoisotopic (exact) mass is 387 g/mol. The average molecular weight is 388 g/mol. The van der Waals surface area contributed by atoms with E-state index in [1.54, 1.807) is 4.90 Å². The van der Waals surface area contributed by atoms with Crippen LogP contribution in [-0.4, -0.2) is 55.3 Å². The van der Waals surface area contributed by atoms with E-state index in [1.807, 2.05) is 0 Å². The van der Waals surface area contributed by atoms with Crippen LogP contribution < -0.4 is 11.1 Å². The molecule has 0 bridgehead atoms. The topological polar surface area (TPSA) is 93.9 Å². The van der Waals surface area contributed by atoms with E-state index >= 15 is 0 Å². The maximum absolute atomic E-state index is 12.4. The molecule has 0 saturated carbocycles. The number of rotatable bonds is 4. The first-order valence-electron chi connectivity index (χ1n) is 7.99. The number of hydrogen-bond donors (Lipinski definition) is 2. The number of hydrogen-bond acceptors (Lipinski definition) is 5. The lowest BCUT2D eigenvalue weighted by Gasteiger charge is -2.37. The molecule has 2 aliphatic heterocycles. The number of halogens is 2. The molecule has 0 atom stereocenters. The van der Waals surface area contributed by atoms with Crippen LogP contribution in [0.25, 0.3) is 0 Å². The second kappa shape index (κ2) is 7.37. The van der Waals surface area contributed by atoms with Crippen LogP contribution in [0.5, 0.6) is 0 Å². The van der Waals surface area contributed by atoms with E-state index in [2.05, 4.69) is 5.32 Å². The van der Waals surface area contributed by atoms with Gasteiger partial charge in [-0.05, 0) is 12.1 Å². The molecule has 1 aromatic carbocycles. The fourth-order valence-corrected chi connectivity index (χ4v) is 3.58. The number of primary amides is 1. The Morgan fingerprint density at radius 1 is 1.16 bits per heavy atom. The molecule has 2 heterocycles. The lowest BCUT2D eigenvalue weighted by atomic mass is 10.0. The van der Waals surface area contributed by atoms with E-state index in [0.29, 0.717) is 49.9 Å². The van der Waals surface area contributed by atoms with Crippen molar-refractivity contribution in [3.63, 3.8) is 0 Å². The molecule has 9 heteroatoms. The van der Waals surface area contributed by atoms with Gasteiger partial charge in [0.05, 0.1) is 41.1 Å². The summed E-state index contributed by atoms with van der Waals surface area (Å²) < 4.78 is 11.3. The number of amides is 2. The molecular formula is C16H19Cl2N3O4. The minimum absolute atomic E-state index is 0.0499. The highest BCUT2D eigenvalue weighted by atomic mass is 35.5. The number of anilines is 1. The molecule has 2 aliphatic rings. The van der Waals surface area contributed by atoms with E-state index in [9.17, 15) is 9.59 Å². The standard InChI is InChI=1S/C16H19Cl2N3O4/c17-11-8-12(18)13(7-10(11)15(19)23)20-9-14(22)21-3-1-16(2-4-21)24-5-6-25-16/h7-8,20H,1-6,9H2,(H2,19,23). The first kappa shape index (κ1) is 18.3. The molecule has 0 aliphatic carbocycles. The predicted molar refractivity (Wildman–Crippen MR) is 93.9 cm³/mol. The summed E-state index contributed by atoms with van der Waals surface area (Å²) in [6, 6.07) is 2.88. The van der Waals surface area contributed by atoms with E-state index in [1.165, 1.54) is 12.1 Å². The third kappa shape index (κ3) is 4.00. The first-order chi connectivity index (χ1) is 11.9. The van der Waals surface area contributed by atoms with E-state index in [-0.39, 0.29) is 23.0 Å². The molecule has 2 fully saturated rings. The van der Waals surface area contributed by atoms with Crippen LogP contribution in [0.1, 0.15) is 23.2 Å². The number of likely N-dealkylation sites (tertiary alicyclic amines) is 1. The Morgan fingerprint density at radius 3 is 2.40 bits per heavy atom. The maximum Gasteiger partial charge on any atom is 0.250 e. The zero-order valence-electron chi connectivity index (χ0n) is 13.5. The number of ether oxygens (including phenoxy) is 2. The molecule has 0 radical (unpaired) electrons. The van der Waals surface area contributed by atoms with Gasteiger partial charge >= 0.3 is 0 Å². The fourth-order valence-electron chi connectivity index (χ4n) is 3.04. The summed E-state index contributed by atoms with van der Waals surface area (Å²) in [5.41, 5.74) is 5.85. The van der Waals surface area contributed by atoms with Crippen LogP contribution in [0.4, 0.5) is 5.69 Å². The molecule has 7 nitrogen and oxygen atoms in total. The molecule has 0 unspecified atom stereocenters. The summed E-state index contributed by atoms with van der Waals surface area (Å²) >= 11 is 12.0. The third-order valence-corrected chi connectivity index (χ3v) is 5.07. The van der Waals surface area contributed by atoms with Gasteiger partial charge in [-0.2, -0.15) is 0 Å². The molecule has 1 aromatic rings. The summed E-state index contributed by atoms with van der Waals surface area (Å²) in [7, 11) is 0. The van der Waals surface area contributed by atoms with E-state index in [0.717, 1.165) is 0 Å². The Labute approximate surface area is 155 Å². The average Bonchev–Trinajstić information content (AvgIpc) is 3.02. The highest BCUT2D eigenvalue weighted by Crippen LogP contribution is 2.32. The zero-order chi connectivity index (χ0) is 18.0. The van der Waals surface area contributed by atoms with Crippen molar-refractivity contribution in [2.75, 3.05) is 38.2 Å². The van der Waals surface area contributed by atoms with Crippen LogP contribution in [0.2, 0.25) is 10.0 Å². The van der Waals surface area contributed by atoms with Crippen molar-refractivity contribution in [1.29, 1.82) is 0 Å². The normalized spacial score (nSPS) is 19.2. The predicted octanol–water partition coefficient (Wildman–Crippen LogP) is 1.87. The summed E-state index contributed by atoms with van der Waals surface area (Å²) in [6.45, 7) is 2.40. The van der Waals surface area contributed by atoms with Gasteiger partial charge < -0.3 is 25.4 Å². The number of nitrogens with two attached hydrogens (primary N) is 1. The van der Waals surface area contributed by atoms with Gasteiger partial charge in [-0.3, -0.25) is 9.59 Å². The van der Waals surface area contributed by atoms with Crippen molar-refractivity contribution < 1.29 is 19.1 Å². The lowest BCUT2D eigenvalue weighted by molar-refractivity contribution is -0.187. The third-order valence-electron chi connectivity index (χ3n) is 4.44. The van der Waals surface area contributed by atoms with Gasteiger partial charge in [0.1, 0.15) is 0 Å². The Morgan fingerprint density at radius 2 is 1.80 bits per heavy atom. The van der Waals surface area contributed by atoms with Crippen LogP contribution in [0.15, 0.2) is 12.1 Å². The number of carbonyl (C=O) groups is 2. The van der Waals surface area contributed by atoms with Gasteiger partial charge in [0, 0.05) is 25.9 Å². The highest BCUT2D eigenvalue weighted by Gasteiger charge is 2.40. The van der Waals surface area contributed by atoms with Gasteiger partial charge in [-0.1, -0.05) is 23.2 Å². The minimum atomic E-state index is -0.658. The zero-order valence-corrected chi connectivity index (χ0v) is 15.0. The lowest BCUT2D eigenvalue weighted by Crippen LogP contribution is -2.48. The summed E-state index contributed by atoms with van der Waals surface area (Å²) in [5, 5.41) is 3.43. The van der Waals surface area contributed by atoms with Crippen molar-refractivity contribution in [3.8, 4) is 0 Å². The maximum atomic E-state index is 12.4. The summed E-state index contributed by atoms with van der Waals surface area (Å²) in [6.07, 6.45) is 1.32. The van der Waals surface area contributed by atoms with Crippen molar-refractivity contribution in [3.05, 3.63) is 27.7 Å². The van der Waals surface area contributed by atoms with E-state index in [4.69, 9.17) is 38.4 Å². The molecule has 3 N–H and O–H groups in total. The smallest absolute Gasteiger partial charge is 0.250 e. The Balaban J connectivity index is 1.58. The summed E-state index contributed by atoms with van der Waals surface area (Å²) in [4.78, 5) is 25.5. The van der Waals surface area contributed by atoms with Crippen molar-refractivity contribution in [2.45, 2.75) is 18.6 Å². The first-order valence-corrected chi connectivity index (χ1v) is 8.74. The van der Waals surface area contributed by atoms with Crippen molar-refractivity contribution in [1.82, 2.24) is 4.90 Å². The van der Waals surface area contributed by atoms with Crippen molar-refractivity contribution in [2.24, 2.45) is 5.73 Å². The fraction of sp³-hybridized carbons (Fsp3) is 0.500. The molecule has 0 aromatic heterocycles. The van der Waals surface area contributed by atoms with Gasteiger partial charge in [-0.15, -0.1) is 0 Å². The molecule has 2 amide bonds. The van der Waals surface area contributed by atoms with Crippen LogP contribution in [0, 0.1) is 0 Å². The molecule has 136 valence electrons. The largest absolute Gasteiger partial charge is 0.375 e. The van der Waals surface area contributed by atoms with Gasteiger partial charge in [0.15, 0.2) is 5.79 Å². The highest BCUT2D eigenvalue weighted by molar-refractivity contribution is 6.38.